The van der Waals surface area contributed by atoms with Crippen molar-refractivity contribution in [3.8, 4) is 0 Å². The summed E-state index contributed by atoms with van der Waals surface area (Å²) in [5.74, 6) is 0.898. The van der Waals surface area contributed by atoms with Gasteiger partial charge in [-0.15, -0.1) is 0 Å². The Morgan fingerprint density at radius 3 is 2.85 bits per heavy atom. The molecule has 1 rings (SSSR count). The Balaban J connectivity index is 2.33. The van der Waals surface area contributed by atoms with Gasteiger partial charge in [0, 0.05) is 32.8 Å². The molecule has 1 heterocycles. The van der Waals surface area contributed by atoms with Gasteiger partial charge in [-0.25, -0.2) is 0 Å². The van der Waals surface area contributed by atoms with Crippen LogP contribution in [0.5, 0.6) is 0 Å². The first-order chi connectivity index (χ1) is 9.81. The van der Waals surface area contributed by atoms with Crippen molar-refractivity contribution >= 4 is 0 Å². The maximum Gasteiger partial charge on any atom is 0.0587 e. The first kappa shape index (κ1) is 17.9. The van der Waals surface area contributed by atoms with Crippen LogP contribution in [0.1, 0.15) is 58.8 Å². The third kappa shape index (κ3) is 7.05. The molecule has 3 heteroatoms. The number of hydrogen-bond acceptors (Lipinski definition) is 3. The molecule has 1 N–H and O–H groups in total. The van der Waals surface area contributed by atoms with Gasteiger partial charge in [0.15, 0.2) is 0 Å². The van der Waals surface area contributed by atoms with E-state index >= 15 is 0 Å². The van der Waals surface area contributed by atoms with Crippen molar-refractivity contribution < 1.29 is 4.74 Å². The van der Waals surface area contributed by atoms with Crippen LogP contribution in [-0.2, 0) is 4.74 Å². The fraction of sp³-hybridized carbons (Fsp3) is 1.00. The molecule has 0 saturated carbocycles. The number of methoxy groups -OCH3 is 1. The van der Waals surface area contributed by atoms with Crippen molar-refractivity contribution in [2.24, 2.45) is 5.92 Å². The van der Waals surface area contributed by atoms with Crippen molar-refractivity contribution in [3.63, 3.8) is 0 Å². The largest absolute Gasteiger partial charge is 0.383 e. The number of unbranched alkanes of at least 4 members (excludes halogenated alkanes) is 1. The molecule has 0 amide bonds. The topological polar surface area (TPSA) is 24.5 Å². The van der Waals surface area contributed by atoms with Gasteiger partial charge >= 0.3 is 0 Å². The molecule has 20 heavy (non-hydrogen) atoms. The quantitative estimate of drug-likeness (QED) is 0.589. The molecule has 120 valence electrons. The second-order valence-corrected chi connectivity index (χ2v) is 6.26. The number of rotatable bonds is 11. The number of nitrogens with zero attached hydrogens (tertiary/aromatic N) is 1. The van der Waals surface area contributed by atoms with Crippen molar-refractivity contribution in [1.82, 2.24) is 10.2 Å². The standard InChI is InChI=1S/C17H36N2O/c1-4-6-9-16(5-2)15-19-12-8-7-10-17(19)14-18-11-13-20-3/h16-18H,4-15H2,1-3H3. The molecule has 0 aromatic rings. The number of nitrogens with one attached hydrogen (secondary N) is 1. The zero-order valence-corrected chi connectivity index (χ0v) is 14.0. The highest BCUT2D eigenvalue weighted by molar-refractivity contribution is 4.80. The van der Waals surface area contributed by atoms with Gasteiger partial charge in [-0.2, -0.15) is 0 Å². The first-order valence-electron chi connectivity index (χ1n) is 8.75. The van der Waals surface area contributed by atoms with Crippen LogP contribution in [0.15, 0.2) is 0 Å². The minimum absolute atomic E-state index is 0.747. The third-order valence-electron chi connectivity index (χ3n) is 4.65. The molecular weight excluding hydrogens is 248 g/mol. The van der Waals surface area contributed by atoms with Gasteiger partial charge < -0.3 is 10.1 Å². The Hall–Kier alpha value is -0.120. The highest BCUT2D eigenvalue weighted by Crippen LogP contribution is 2.21. The second-order valence-electron chi connectivity index (χ2n) is 6.26. The van der Waals surface area contributed by atoms with Crippen LogP contribution in [0.3, 0.4) is 0 Å². The average Bonchev–Trinajstić information content (AvgIpc) is 2.49. The molecule has 3 nitrogen and oxygen atoms in total. The summed E-state index contributed by atoms with van der Waals surface area (Å²) >= 11 is 0. The van der Waals surface area contributed by atoms with Crippen molar-refractivity contribution in [2.45, 2.75) is 64.8 Å². The predicted molar refractivity (Wildman–Crippen MR) is 87.3 cm³/mol. The van der Waals surface area contributed by atoms with Crippen molar-refractivity contribution in [2.75, 3.05) is 39.9 Å². The van der Waals surface area contributed by atoms with E-state index in [9.17, 15) is 0 Å². The molecule has 0 spiro atoms. The second kappa shape index (κ2) is 11.5. The maximum atomic E-state index is 5.11. The first-order valence-corrected chi connectivity index (χ1v) is 8.75. The highest BCUT2D eigenvalue weighted by atomic mass is 16.5. The van der Waals surface area contributed by atoms with E-state index in [1.54, 1.807) is 7.11 Å². The van der Waals surface area contributed by atoms with Crippen LogP contribution in [-0.4, -0.2) is 50.8 Å². The van der Waals surface area contributed by atoms with E-state index in [1.807, 2.05) is 0 Å². The lowest BCUT2D eigenvalue weighted by Gasteiger charge is -2.38. The molecule has 0 bridgehead atoms. The van der Waals surface area contributed by atoms with E-state index in [2.05, 4.69) is 24.1 Å². The normalized spacial score (nSPS) is 22.1. The zero-order chi connectivity index (χ0) is 14.6. The van der Waals surface area contributed by atoms with Crippen LogP contribution in [0, 0.1) is 5.92 Å². The summed E-state index contributed by atoms with van der Waals surface area (Å²) in [6, 6.07) is 0.747. The van der Waals surface area contributed by atoms with E-state index in [0.29, 0.717) is 0 Å². The fourth-order valence-electron chi connectivity index (χ4n) is 3.22. The van der Waals surface area contributed by atoms with E-state index < -0.39 is 0 Å². The molecule has 1 aliphatic heterocycles. The van der Waals surface area contributed by atoms with Crippen molar-refractivity contribution in [1.29, 1.82) is 0 Å². The van der Waals surface area contributed by atoms with Crippen LogP contribution in [0.2, 0.25) is 0 Å². The number of hydrogen-bond donors (Lipinski definition) is 1. The van der Waals surface area contributed by atoms with Crippen LogP contribution < -0.4 is 5.32 Å². The minimum atomic E-state index is 0.747. The zero-order valence-electron chi connectivity index (χ0n) is 14.0. The highest BCUT2D eigenvalue weighted by Gasteiger charge is 2.23. The Morgan fingerprint density at radius 2 is 2.15 bits per heavy atom. The molecule has 2 unspecified atom stereocenters. The summed E-state index contributed by atoms with van der Waals surface area (Å²) in [6.07, 6.45) is 9.62. The molecule has 1 aliphatic rings. The molecule has 2 atom stereocenters. The lowest BCUT2D eigenvalue weighted by atomic mass is 9.95. The molecule has 0 aromatic heterocycles. The van der Waals surface area contributed by atoms with E-state index in [-0.39, 0.29) is 0 Å². The summed E-state index contributed by atoms with van der Waals surface area (Å²) < 4.78 is 5.11. The van der Waals surface area contributed by atoms with Gasteiger partial charge in [0.1, 0.15) is 0 Å². The molecule has 1 saturated heterocycles. The van der Waals surface area contributed by atoms with Gasteiger partial charge in [-0.3, -0.25) is 4.90 Å². The fourth-order valence-corrected chi connectivity index (χ4v) is 3.22. The molecule has 1 fully saturated rings. The lowest BCUT2D eigenvalue weighted by Crippen LogP contribution is -2.47. The van der Waals surface area contributed by atoms with E-state index in [1.165, 1.54) is 58.0 Å². The Morgan fingerprint density at radius 1 is 1.30 bits per heavy atom. The van der Waals surface area contributed by atoms with Gasteiger partial charge in [-0.1, -0.05) is 39.5 Å². The Kier molecular flexibility index (Phi) is 10.3. The summed E-state index contributed by atoms with van der Waals surface area (Å²) in [5.41, 5.74) is 0. The van der Waals surface area contributed by atoms with Gasteiger partial charge in [0.2, 0.25) is 0 Å². The number of likely N-dealkylation sites (tertiary alicyclic amines) is 1. The maximum absolute atomic E-state index is 5.11. The lowest BCUT2D eigenvalue weighted by molar-refractivity contribution is 0.116. The molecule has 0 aliphatic carbocycles. The van der Waals surface area contributed by atoms with Gasteiger partial charge in [-0.05, 0) is 31.7 Å². The van der Waals surface area contributed by atoms with E-state index in [4.69, 9.17) is 4.74 Å². The van der Waals surface area contributed by atoms with E-state index in [0.717, 1.165) is 31.7 Å². The summed E-state index contributed by atoms with van der Waals surface area (Å²) in [6.45, 7) is 10.2. The number of piperidine rings is 1. The summed E-state index contributed by atoms with van der Waals surface area (Å²) in [5, 5.41) is 3.55. The van der Waals surface area contributed by atoms with Crippen LogP contribution >= 0.6 is 0 Å². The molecular formula is C17H36N2O. The SMILES string of the molecule is CCCCC(CC)CN1CCCCC1CNCCOC. The van der Waals surface area contributed by atoms with Gasteiger partial charge in [0.25, 0.3) is 0 Å². The molecule has 0 aromatic carbocycles. The Bertz CT molecular complexity index is 223. The van der Waals surface area contributed by atoms with Gasteiger partial charge in [0.05, 0.1) is 6.61 Å². The Labute approximate surface area is 126 Å². The average molecular weight is 284 g/mol. The minimum Gasteiger partial charge on any atom is -0.383 e. The molecule has 0 radical (unpaired) electrons. The third-order valence-corrected chi connectivity index (χ3v) is 4.65. The predicted octanol–water partition coefficient (Wildman–Crippen LogP) is 3.29. The number of ether oxygens (including phenoxy) is 1. The monoisotopic (exact) mass is 284 g/mol. The summed E-state index contributed by atoms with van der Waals surface area (Å²) in [7, 11) is 1.77. The summed E-state index contributed by atoms with van der Waals surface area (Å²) in [4.78, 5) is 2.76. The van der Waals surface area contributed by atoms with Crippen LogP contribution in [0.25, 0.3) is 0 Å². The smallest absolute Gasteiger partial charge is 0.0587 e. The van der Waals surface area contributed by atoms with Crippen molar-refractivity contribution in [3.05, 3.63) is 0 Å². The van der Waals surface area contributed by atoms with Crippen LogP contribution in [0.4, 0.5) is 0 Å².